The van der Waals surface area contributed by atoms with E-state index in [9.17, 15) is 14.3 Å². The van der Waals surface area contributed by atoms with Gasteiger partial charge >= 0.3 is 5.97 Å². The molecule has 10 heteroatoms. The summed E-state index contributed by atoms with van der Waals surface area (Å²) in [7, 11) is 0. The van der Waals surface area contributed by atoms with E-state index in [0.29, 0.717) is 17.4 Å². The molecule has 9 nitrogen and oxygen atoms in total. The molecule has 1 saturated carbocycles. The van der Waals surface area contributed by atoms with Crippen LogP contribution in [0.5, 0.6) is 5.88 Å². The lowest BCUT2D eigenvalue weighted by molar-refractivity contribution is -0.0452. The standard InChI is InChI=1S/C32H32FN5O4/c33-25-12-20(15-34)4-5-22(25)19-42-30-3-1-2-28(36-30)32-9-10-37(16-23(32)14-32)18-29-35-26-7-6-21(31(39)40)13-27(26)38(29)17-24-8-11-41-24/h1-7,12-13,23-24,29,35H,8-11,14,16-19H2,(H,39,40). The Labute approximate surface area is 243 Å². The number of anilines is 2. The van der Waals surface area contributed by atoms with Crippen LogP contribution >= 0.6 is 0 Å². The molecule has 2 N–H and O–H groups in total. The van der Waals surface area contributed by atoms with Gasteiger partial charge in [0.2, 0.25) is 5.88 Å². The summed E-state index contributed by atoms with van der Waals surface area (Å²) in [4.78, 5) is 21.2. The summed E-state index contributed by atoms with van der Waals surface area (Å²) in [6, 6.07) is 17.4. The van der Waals surface area contributed by atoms with E-state index in [1.807, 2.05) is 18.2 Å². The molecule has 3 fully saturated rings. The molecule has 2 saturated heterocycles. The van der Waals surface area contributed by atoms with Crippen LogP contribution in [0, 0.1) is 23.1 Å². The first-order chi connectivity index (χ1) is 20.4. The molecule has 4 heterocycles. The fraction of sp³-hybridized carbons (Fsp3) is 0.406. The van der Waals surface area contributed by atoms with Gasteiger partial charge in [-0.05, 0) is 68.1 Å². The third-order valence-electron chi connectivity index (χ3n) is 9.25. The molecule has 4 atom stereocenters. The normalized spacial score (nSPS) is 25.9. The number of hydrogen-bond acceptors (Lipinski definition) is 8. The number of likely N-dealkylation sites (tertiary alicyclic amines) is 1. The Bertz CT molecular complexity index is 1570. The Morgan fingerprint density at radius 3 is 2.86 bits per heavy atom. The SMILES string of the molecule is N#Cc1ccc(COc2cccc(C34CCN(CC5Nc6ccc(C(=O)O)cc6N5CC5CCO5)CC3C4)n2)c(F)c1. The Kier molecular flexibility index (Phi) is 6.72. The van der Waals surface area contributed by atoms with E-state index in [2.05, 4.69) is 21.2 Å². The van der Waals surface area contributed by atoms with E-state index in [1.165, 1.54) is 6.07 Å². The highest BCUT2D eigenvalue weighted by atomic mass is 19.1. The van der Waals surface area contributed by atoms with Gasteiger partial charge in [0.25, 0.3) is 0 Å². The summed E-state index contributed by atoms with van der Waals surface area (Å²) in [6.07, 6.45) is 3.29. The lowest BCUT2D eigenvalue weighted by atomic mass is 9.91. The number of piperidine rings is 1. The maximum atomic E-state index is 14.3. The number of nitrogens with zero attached hydrogens (tertiary/aromatic N) is 4. The van der Waals surface area contributed by atoms with Crippen molar-refractivity contribution in [2.24, 2.45) is 5.92 Å². The first-order valence-corrected chi connectivity index (χ1v) is 14.5. The topological polar surface area (TPSA) is 111 Å². The van der Waals surface area contributed by atoms with Crippen molar-refractivity contribution in [1.29, 1.82) is 5.26 Å². The van der Waals surface area contributed by atoms with Crippen molar-refractivity contribution in [3.05, 3.63) is 82.8 Å². The quantitative estimate of drug-likeness (QED) is 0.388. The Balaban J connectivity index is 0.998. The van der Waals surface area contributed by atoms with Gasteiger partial charge in [0, 0.05) is 43.3 Å². The Morgan fingerprint density at radius 1 is 1.24 bits per heavy atom. The molecule has 3 aromatic rings. The van der Waals surface area contributed by atoms with Crippen LogP contribution in [0.3, 0.4) is 0 Å². The van der Waals surface area contributed by atoms with E-state index in [1.54, 1.807) is 30.3 Å². The average molecular weight is 570 g/mol. The minimum absolute atomic E-state index is 0.0389. The number of hydrogen-bond donors (Lipinski definition) is 2. The zero-order chi connectivity index (χ0) is 28.8. The number of fused-ring (bicyclic) bond motifs is 2. The van der Waals surface area contributed by atoms with E-state index in [0.717, 1.165) is 69.1 Å². The Morgan fingerprint density at radius 2 is 2.12 bits per heavy atom. The predicted molar refractivity (Wildman–Crippen MR) is 153 cm³/mol. The number of nitrogens with one attached hydrogen (secondary N) is 1. The highest BCUT2D eigenvalue weighted by Crippen LogP contribution is 2.59. The molecule has 3 aliphatic heterocycles. The monoisotopic (exact) mass is 569 g/mol. The van der Waals surface area contributed by atoms with Crippen LogP contribution in [0.1, 0.15) is 46.4 Å². The molecule has 0 radical (unpaired) electrons. The molecule has 1 aliphatic carbocycles. The summed E-state index contributed by atoms with van der Waals surface area (Å²) in [5.74, 6) is -0.414. The average Bonchev–Trinajstić information content (AvgIpc) is 3.62. The molecule has 1 aromatic heterocycles. The molecular formula is C32H32FN5O4. The summed E-state index contributed by atoms with van der Waals surface area (Å²) in [6.45, 7) is 4.28. The second-order valence-electron chi connectivity index (χ2n) is 11.8. The number of carboxylic acids is 1. The van der Waals surface area contributed by atoms with Crippen molar-refractivity contribution < 1.29 is 23.8 Å². The largest absolute Gasteiger partial charge is 0.478 e. The van der Waals surface area contributed by atoms with Crippen LogP contribution < -0.4 is 15.0 Å². The molecule has 7 rings (SSSR count). The highest BCUT2D eigenvalue weighted by Gasteiger charge is 2.58. The van der Waals surface area contributed by atoms with E-state index in [4.69, 9.17) is 19.7 Å². The number of pyridine rings is 1. The number of carbonyl (C=O) groups is 1. The number of carboxylic acid groups (broad SMARTS) is 1. The molecule has 42 heavy (non-hydrogen) atoms. The van der Waals surface area contributed by atoms with E-state index in [-0.39, 0.29) is 35.4 Å². The third-order valence-corrected chi connectivity index (χ3v) is 9.25. The van der Waals surface area contributed by atoms with Crippen LogP contribution in [0.2, 0.25) is 0 Å². The minimum atomic E-state index is -0.924. The minimum Gasteiger partial charge on any atom is -0.478 e. The number of aromatic nitrogens is 1. The molecule has 0 spiro atoms. The van der Waals surface area contributed by atoms with Crippen molar-refractivity contribution >= 4 is 17.3 Å². The number of ether oxygens (including phenoxy) is 2. The fourth-order valence-corrected chi connectivity index (χ4v) is 6.66. The van der Waals surface area contributed by atoms with Crippen molar-refractivity contribution in [3.63, 3.8) is 0 Å². The maximum Gasteiger partial charge on any atom is 0.335 e. The van der Waals surface area contributed by atoms with Gasteiger partial charge in [-0.1, -0.05) is 12.1 Å². The van der Waals surface area contributed by atoms with Gasteiger partial charge in [0.15, 0.2) is 0 Å². The third kappa shape index (κ3) is 4.93. The number of halogens is 1. The van der Waals surface area contributed by atoms with Gasteiger partial charge in [-0.25, -0.2) is 14.2 Å². The van der Waals surface area contributed by atoms with E-state index < -0.39 is 11.8 Å². The van der Waals surface area contributed by atoms with Gasteiger partial charge in [-0.3, -0.25) is 4.90 Å². The van der Waals surface area contributed by atoms with Gasteiger partial charge in [-0.2, -0.15) is 5.26 Å². The number of rotatable bonds is 9. The molecule has 0 bridgehead atoms. The van der Waals surface area contributed by atoms with Crippen molar-refractivity contribution in [3.8, 4) is 11.9 Å². The van der Waals surface area contributed by atoms with Crippen LogP contribution in [-0.4, -0.2) is 66.0 Å². The highest BCUT2D eigenvalue weighted by molar-refractivity contribution is 5.92. The fourth-order valence-electron chi connectivity index (χ4n) is 6.66. The number of aromatic carboxylic acids is 1. The zero-order valence-corrected chi connectivity index (χ0v) is 23.1. The van der Waals surface area contributed by atoms with Crippen molar-refractivity contribution in [2.45, 2.75) is 43.6 Å². The first-order valence-electron chi connectivity index (χ1n) is 14.5. The second kappa shape index (κ2) is 10.6. The van der Waals surface area contributed by atoms with Gasteiger partial charge in [-0.15, -0.1) is 0 Å². The molecule has 216 valence electrons. The summed E-state index contributed by atoms with van der Waals surface area (Å²) in [5, 5.41) is 22.1. The van der Waals surface area contributed by atoms with Gasteiger partial charge < -0.3 is 24.8 Å². The molecule has 4 aliphatic rings. The summed E-state index contributed by atoms with van der Waals surface area (Å²) < 4.78 is 25.9. The van der Waals surface area contributed by atoms with Crippen LogP contribution in [-0.2, 0) is 16.8 Å². The van der Waals surface area contributed by atoms with Gasteiger partial charge in [0.1, 0.15) is 18.6 Å². The lowest BCUT2D eigenvalue weighted by Crippen LogP contribution is -2.51. The van der Waals surface area contributed by atoms with Crippen LogP contribution in [0.25, 0.3) is 0 Å². The summed E-state index contributed by atoms with van der Waals surface area (Å²) >= 11 is 0. The molecule has 2 aromatic carbocycles. The predicted octanol–water partition coefficient (Wildman–Crippen LogP) is 4.38. The van der Waals surface area contributed by atoms with Crippen molar-refractivity contribution in [2.75, 3.05) is 43.0 Å². The van der Waals surface area contributed by atoms with Gasteiger partial charge in [0.05, 0.1) is 40.4 Å². The van der Waals surface area contributed by atoms with Crippen LogP contribution in [0.4, 0.5) is 15.8 Å². The van der Waals surface area contributed by atoms with Crippen LogP contribution in [0.15, 0.2) is 54.6 Å². The smallest absolute Gasteiger partial charge is 0.335 e. The maximum absolute atomic E-state index is 14.3. The van der Waals surface area contributed by atoms with E-state index >= 15 is 0 Å². The number of nitriles is 1. The second-order valence-corrected chi connectivity index (χ2v) is 11.8. The molecule has 4 unspecified atom stereocenters. The molecular weight excluding hydrogens is 537 g/mol. The lowest BCUT2D eigenvalue weighted by Gasteiger charge is -2.38. The molecule has 0 amide bonds. The summed E-state index contributed by atoms with van der Waals surface area (Å²) in [5.41, 5.74) is 3.91. The zero-order valence-electron chi connectivity index (χ0n) is 23.1. The van der Waals surface area contributed by atoms with Crippen molar-refractivity contribution in [1.82, 2.24) is 9.88 Å². The first kappa shape index (κ1) is 26.7. The Hall–Kier alpha value is -4.20. The number of benzene rings is 2.